The third kappa shape index (κ3) is 2.71. The zero-order valence-electron chi connectivity index (χ0n) is 10.1. The number of aliphatic hydroxyl groups is 4. The SMILES string of the molecule is OC[C@H](O)[C@H]1[C@H](O)[C@H](O)CN1Cc1ccccc1. The van der Waals surface area contributed by atoms with Crippen LogP contribution in [-0.2, 0) is 6.54 Å². The summed E-state index contributed by atoms with van der Waals surface area (Å²) in [7, 11) is 0. The highest BCUT2D eigenvalue weighted by molar-refractivity contribution is 5.15. The normalized spacial score (nSPS) is 30.6. The zero-order chi connectivity index (χ0) is 13.1. The number of β-amino-alcohol motifs (C(OH)–C–C–N with tert-alkyl or cyclic N) is 1. The smallest absolute Gasteiger partial charge is 0.0992 e. The van der Waals surface area contributed by atoms with E-state index in [1.807, 2.05) is 30.3 Å². The van der Waals surface area contributed by atoms with E-state index in [4.69, 9.17) is 5.11 Å². The minimum absolute atomic E-state index is 0.289. The molecule has 0 radical (unpaired) electrons. The van der Waals surface area contributed by atoms with Gasteiger partial charge in [0.1, 0.15) is 0 Å². The molecule has 4 N–H and O–H groups in total. The third-order valence-electron chi connectivity index (χ3n) is 3.40. The molecule has 1 aromatic carbocycles. The van der Waals surface area contributed by atoms with Crippen molar-refractivity contribution < 1.29 is 20.4 Å². The van der Waals surface area contributed by atoms with Crippen LogP contribution >= 0.6 is 0 Å². The molecule has 1 fully saturated rings. The maximum absolute atomic E-state index is 9.84. The van der Waals surface area contributed by atoms with Crippen molar-refractivity contribution in [1.82, 2.24) is 4.90 Å². The molecule has 0 bridgehead atoms. The predicted molar refractivity (Wildman–Crippen MR) is 65.7 cm³/mol. The predicted octanol–water partition coefficient (Wildman–Crippen LogP) is -1.05. The Morgan fingerprint density at radius 1 is 1.22 bits per heavy atom. The van der Waals surface area contributed by atoms with Crippen LogP contribution in [0.1, 0.15) is 5.56 Å². The maximum Gasteiger partial charge on any atom is 0.0992 e. The van der Waals surface area contributed by atoms with Gasteiger partial charge in [-0.3, -0.25) is 4.90 Å². The van der Waals surface area contributed by atoms with E-state index in [0.29, 0.717) is 6.54 Å². The zero-order valence-corrected chi connectivity index (χ0v) is 10.1. The van der Waals surface area contributed by atoms with E-state index in [1.54, 1.807) is 4.90 Å². The van der Waals surface area contributed by atoms with Gasteiger partial charge >= 0.3 is 0 Å². The summed E-state index contributed by atoms with van der Waals surface area (Å²) < 4.78 is 0. The summed E-state index contributed by atoms with van der Waals surface area (Å²) in [6.45, 7) is 0.383. The molecule has 1 heterocycles. The standard InChI is InChI=1S/C13H19NO4/c15-8-11(17)12-13(18)10(16)7-14(12)6-9-4-2-1-3-5-9/h1-5,10-13,15-18H,6-8H2/t10-,11+,12+,13-/m1/s1. The molecule has 18 heavy (non-hydrogen) atoms. The Hall–Kier alpha value is -0.980. The second-order valence-corrected chi connectivity index (χ2v) is 4.71. The molecule has 0 unspecified atom stereocenters. The number of hydrogen-bond acceptors (Lipinski definition) is 5. The first-order valence-corrected chi connectivity index (χ1v) is 6.06. The van der Waals surface area contributed by atoms with Crippen LogP contribution in [-0.4, -0.2) is 62.8 Å². The Bertz CT molecular complexity index is 373. The highest BCUT2D eigenvalue weighted by Crippen LogP contribution is 2.23. The summed E-state index contributed by atoms with van der Waals surface area (Å²) >= 11 is 0. The molecule has 4 atom stereocenters. The molecule has 100 valence electrons. The van der Waals surface area contributed by atoms with Gasteiger partial charge in [0, 0.05) is 13.1 Å². The van der Waals surface area contributed by atoms with Gasteiger partial charge in [-0.15, -0.1) is 0 Å². The van der Waals surface area contributed by atoms with Gasteiger partial charge in [-0.2, -0.15) is 0 Å². The Kier molecular flexibility index (Phi) is 4.31. The van der Waals surface area contributed by atoms with E-state index in [9.17, 15) is 15.3 Å². The molecule has 0 saturated carbocycles. The van der Waals surface area contributed by atoms with Crippen LogP contribution in [0.4, 0.5) is 0 Å². The van der Waals surface area contributed by atoms with E-state index in [-0.39, 0.29) is 6.54 Å². The Labute approximate surface area is 106 Å². The number of likely N-dealkylation sites (tertiary alicyclic amines) is 1. The molecule has 2 rings (SSSR count). The topological polar surface area (TPSA) is 84.2 Å². The van der Waals surface area contributed by atoms with Crippen molar-refractivity contribution in [3.63, 3.8) is 0 Å². The number of nitrogens with zero attached hydrogens (tertiary/aromatic N) is 1. The maximum atomic E-state index is 9.84. The van der Waals surface area contributed by atoms with Crippen LogP contribution < -0.4 is 0 Å². The summed E-state index contributed by atoms with van der Waals surface area (Å²) in [4.78, 5) is 1.80. The molecule has 5 heteroatoms. The average molecular weight is 253 g/mol. The van der Waals surface area contributed by atoms with Crippen molar-refractivity contribution in [2.45, 2.75) is 30.9 Å². The van der Waals surface area contributed by atoms with Gasteiger partial charge in [-0.1, -0.05) is 30.3 Å². The van der Waals surface area contributed by atoms with Crippen molar-refractivity contribution in [2.75, 3.05) is 13.2 Å². The van der Waals surface area contributed by atoms with Gasteiger partial charge in [0.25, 0.3) is 0 Å². The van der Waals surface area contributed by atoms with Crippen LogP contribution in [0.15, 0.2) is 30.3 Å². The fourth-order valence-corrected chi connectivity index (χ4v) is 2.48. The molecule has 1 aromatic rings. The van der Waals surface area contributed by atoms with Crippen molar-refractivity contribution in [3.8, 4) is 0 Å². The quantitative estimate of drug-likeness (QED) is 0.550. The van der Waals surface area contributed by atoms with Gasteiger partial charge in [-0.05, 0) is 5.56 Å². The van der Waals surface area contributed by atoms with Gasteiger partial charge in [-0.25, -0.2) is 0 Å². The van der Waals surface area contributed by atoms with E-state index in [1.165, 1.54) is 0 Å². The van der Waals surface area contributed by atoms with Gasteiger partial charge in [0.05, 0.1) is 31.0 Å². The molecule has 0 aromatic heterocycles. The Morgan fingerprint density at radius 3 is 2.50 bits per heavy atom. The lowest BCUT2D eigenvalue weighted by molar-refractivity contribution is -0.0317. The number of benzene rings is 1. The number of rotatable bonds is 4. The second kappa shape index (κ2) is 5.77. The summed E-state index contributed by atoms with van der Waals surface area (Å²) in [6, 6.07) is 8.99. The fraction of sp³-hybridized carbons (Fsp3) is 0.538. The minimum atomic E-state index is -1.05. The van der Waals surface area contributed by atoms with E-state index in [2.05, 4.69) is 0 Å². The minimum Gasteiger partial charge on any atom is -0.394 e. The molecular formula is C13H19NO4. The second-order valence-electron chi connectivity index (χ2n) is 4.71. The van der Waals surface area contributed by atoms with Gasteiger partial charge < -0.3 is 20.4 Å². The Balaban J connectivity index is 2.11. The molecule has 1 aliphatic heterocycles. The van der Waals surface area contributed by atoms with Crippen LogP contribution in [0.5, 0.6) is 0 Å². The van der Waals surface area contributed by atoms with E-state index < -0.39 is 31.0 Å². The van der Waals surface area contributed by atoms with E-state index >= 15 is 0 Å². The lowest BCUT2D eigenvalue weighted by Gasteiger charge is -2.29. The molecular weight excluding hydrogens is 234 g/mol. The first-order valence-electron chi connectivity index (χ1n) is 6.06. The summed E-state index contributed by atoms with van der Waals surface area (Å²) in [5.41, 5.74) is 1.04. The average Bonchev–Trinajstić information content (AvgIpc) is 2.65. The highest BCUT2D eigenvalue weighted by Gasteiger charge is 2.43. The van der Waals surface area contributed by atoms with Crippen molar-refractivity contribution in [3.05, 3.63) is 35.9 Å². The van der Waals surface area contributed by atoms with Gasteiger partial charge in [0.2, 0.25) is 0 Å². The molecule has 0 spiro atoms. The van der Waals surface area contributed by atoms with Crippen LogP contribution in [0.3, 0.4) is 0 Å². The first-order chi connectivity index (χ1) is 8.63. The molecule has 5 nitrogen and oxygen atoms in total. The monoisotopic (exact) mass is 253 g/mol. The third-order valence-corrected chi connectivity index (χ3v) is 3.40. The van der Waals surface area contributed by atoms with Crippen molar-refractivity contribution in [2.24, 2.45) is 0 Å². The molecule has 0 aliphatic carbocycles. The Morgan fingerprint density at radius 2 is 1.89 bits per heavy atom. The lowest BCUT2D eigenvalue weighted by atomic mass is 10.0. The number of aliphatic hydroxyl groups excluding tert-OH is 4. The van der Waals surface area contributed by atoms with Crippen LogP contribution in [0, 0.1) is 0 Å². The largest absolute Gasteiger partial charge is 0.394 e. The summed E-state index contributed by atoms with van der Waals surface area (Å²) in [5, 5.41) is 38.3. The van der Waals surface area contributed by atoms with Crippen molar-refractivity contribution in [1.29, 1.82) is 0 Å². The van der Waals surface area contributed by atoms with Crippen LogP contribution in [0.2, 0.25) is 0 Å². The van der Waals surface area contributed by atoms with E-state index in [0.717, 1.165) is 5.56 Å². The number of hydrogen-bond donors (Lipinski definition) is 4. The summed E-state index contributed by atoms with van der Waals surface area (Å²) in [6.07, 6.45) is -2.98. The molecule has 1 aliphatic rings. The van der Waals surface area contributed by atoms with Gasteiger partial charge in [0.15, 0.2) is 0 Å². The molecule has 0 amide bonds. The molecule has 1 saturated heterocycles. The summed E-state index contributed by atoms with van der Waals surface area (Å²) in [5.74, 6) is 0. The first kappa shape index (κ1) is 13.5. The van der Waals surface area contributed by atoms with Crippen LogP contribution in [0.25, 0.3) is 0 Å². The fourth-order valence-electron chi connectivity index (χ4n) is 2.48. The van der Waals surface area contributed by atoms with Crippen molar-refractivity contribution >= 4 is 0 Å². The highest BCUT2D eigenvalue weighted by atomic mass is 16.3. The lowest BCUT2D eigenvalue weighted by Crippen LogP contribution is -2.46.